The number of carbonyl (C=O) groups is 2. The third kappa shape index (κ3) is 1.93. The van der Waals surface area contributed by atoms with Crippen LogP contribution < -0.4 is 10.7 Å². The predicted molar refractivity (Wildman–Crippen MR) is 86.6 cm³/mol. The van der Waals surface area contributed by atoms with Crippen LogP contribution in [0.3, 0.4) is 0 Å². The molecule has 2 fully saturated rings. The summed E-state index contributed by atoms with van der Waals surface area (Å²) >= 11 is 3.50. The van der Waals surface area contributed by atoms with E-state index in [9.17, 15) is 9.59 Å². The number of halogens is 1. The molecule has 2 saturated carbocycles. The zero-order chi connectivity index (χ0) is 15.5. The molecule has 2 amide bonds. The summed E-state index contributed by atoms with van der Waals surface area (Å²) in [4.78, 5) is 24.3. The number of nitrogens with one attached hydrogen (secondary N) is 2. The van der Waals surface area contributed by atoms with Crippen molar-refractivity contribution in [3.05, 3.63) is 27.7 Å². The Bertz CT molecular complexity index is 737. The molecule has 1 heterocycles. The summed E-state index contributed by atoms with van der Waals surface area (Å²) in [6.07, 6.45) is 4.49. The van der Waals surface area contributed by atoms with E-state index in [1.165, 1.54) is 6.42 Å². The summed E-state index contributed by atoms with van der Waals surface area (Å²) in [6.45, 7) is 1.95. The average molecular weight is 362 g/mol. The van der Waals surface area contributed by atoms with E-state index in [4.69, 9.17) is 0 Å². The SMILES string of the molecule is Cc1ccc2c(c1Br)/C(=N\NC(=O)C1CC13CCC3)C(=O)N2. The molecule has 0 saturated heterocycles. The highest BCUT2D eigenvalue weighted by molar-refractivity contribution is 9.10. The summed E-state index contributed by atoms with van der Waals surface area (Å²) in [6, 6.07) is 3.77. The van der Waals surface area contributed by atoms with Crippen molar-refractivity contribution in [1.29, 1.82) is 0 Å². The van der Waals surface area contributed by atoms with Crippen LogP contribution in [0.25, 0.3) is 0 Å². The Morgan fingerprint density at radius 2 is 2.23 bits per heavy atom. The fourth-order valence-electron chi connectivity index (χ4n) is 3.51. The summed E-state index contributed by atoms with van der Waals surface area (Å²) in [5.41, 5.74) is 5.58. The molecule has 1 spiro atoms. The molecule has 5 nitrogen and oxygen atoms in total. The third-order valence-corrected chi connectivity index (χ3v) is 6.19. The van der Waals surface area contributed by atoms with Gasteiger partial charge in [0.2, 0.25) is 5.91 Å². The minimum absolute atomic E-state index is 0.0581. The van der Waals surface area contributed by atoms with Gasteiger partial charge in [-0.3, -0.25) is 9.59 Å². The zero-order valence-corrected chi connectivity index (χ0v) is 13.8. The first-order valence-electron chi connectivity index (χ1n) is 7.50. The predicted octanol–water partition coefficient (Wildman–Crippen LogP) is 2.72. The van der Waals surface area contributed by atoms with Crippen LogP contribution in [0.1, 0.15) is 36.8 Å². The number of fused-ring (bicyclic) bond motifs is 1. The average Bonchev–Trinajstić information content (AvgIpc) is 3.14. The second kappa shape index (κ2) is 4.65. The maximum atomic E-state index is 12.2. The van der Waals surface area contributed by atoms with Gasteiger partial charge in [0, 0.05) is 16.0 Å². The third-order valence-electron chi connectivity index (χ3n) is 5.17. The quantitative estimate of drug-likeness (QED) is 0.795. The largest absolute Gasteiger partial charge is 0.320 e. The topological polar surface area (TPSA) is 70.6 Å². The van der Waals surface area contributed by atoms with Gasteiger partial charge in [-0.15, -0.1) is 0 Å². The minimum Gasteiger partial charge on any atom is -0.320 e. The lowest BCUT2D eigenvalue weighted by molar-refractivity contribution is -0.123. The summed E-state index contributed by atoms with van der Waals surface area (Å²) in [5, 5.41) is 6.88. The van der Waals surface area contributed by atoms with Crippen molar-refractivity contribution in [2.75, 3.05) is 5.32 Å². The number of nitrogens with zero attached hydrogens (tertiary/aromatic N) is 1. The second-order valence-electron chi connectivity index (χ2n) is 6.48. The standard InChI is InChI=1S/C16H16BrN3O2/c1-8-3-4-10-11(12(8)17)13(15(22)18-10)19-20-14(21)9-7-16(9)5-2-6-16/h3-4,9H,2,5-7H2,1H3,(H,20,21)(H,18,19,22). The monoisotopic (exact) mass is 361 g/mol. The van der Waals surface area contributed by atoms with Gasteiger partial charge in [0.1, 0.15) is 0 Å². The molecule has 1 aromatic carbocycles. The lowest BCUT2D eigenvalue weighted by Gasteiger charge is -2.25. The number of hydrazone groups is 1. The number of benzene rings is 1. The van der Waals surface area contributed by atoms with Crippen molar-refractivity contribution < 1.29 is 9.59 Å². The Kier molecular flexibility index (Phi) is 2.95. The lowest BCUT2D eigenvalue weighted by atomic mass is 9.80. The Hall–Kier alpha value is -1.69. The highest BCUT2D eigenvalue weighted by atomic mass is 79.9. The molecule has 3 aliphatic rings. The van der Waals surface area contributed by atoms with Crippen molar-refractivity contribution in [1.82, 2.24) is 5.43 Å². The van der Waals surface area contributed by atoms with Crippen molar-refractivity contribution >= 4 is 39.1 Å². The minimum atomic E-state index is -0.282. The Labute approximate surface area is 136 Å². The molecule has 6 heteroatoms. The normalized spacial score (nSPS) is 25.6. The first-order valence-corrected chi connectivity index (χ1v) is 8.29. The van der Waals surface area contributed by atoms with E-state index < -0.39 is 0 Å². The molecule has 2 aliphatic carbocycles. The number of amides is 2. The van der Waals surface area contributed by atoms with Crippen LogP contribution in [0, 0.1) is 18.3 Å². The summed E-state index contributed by atoms with van der Waals surface area (Å²) < 4.78 is 0.832. The molecule has 1 aromatic rings. The van der Waals surface area contributed by atoms with Gasteiger partial charge in [0.05, 0.1) is 5.69 Å². The van der Waals surface area contributed by atoms with E-state index in [2.05, 4.69) is 31.8 Å². The van der Waals surface area contributed by atoms with Crippen LogP contribution in [0.4, 0.5) is 5.69 Å². The molecule has 1 unspecified atom stereocenters. The van der Waals surface area contributed by atoms with Gasteiger partial charge >= 0.3 is 0 Å². The molecule has 1 atom stereocenters. The highest BCUT2D eigenvalue weighted by Gasteiger charge is 2.61. The van der Waals surface area contributed by atoms with Gasteiger partial charge < -0.3 is 5.32 Å². The number of rotatable bonds is 2. The van der Waals surface area contributed by atoms with E-state index in [0.29, 0.717) is 0 Å². The van der Waals surface area contributed by atoms with Crippen LogP contribution >= 0.6 is 15.9 Å². The van der Waals surface area contributed by atoms with E-state index in [1.54, 1.807) is 0 Å². The van der Waals surface area contributed by atoms with Crippen LogP contribution in [-0.4, -0.2) is 17.5 Å². The zero-order valence-electron chi connectivity index (χ0n) is 12.2. The molecule has 2 N–H and O–H groups in total. The first-order chi connectivity index (χ1) is 10.5. The van der Waals surface area contributed by atoms with Crippen LogP contribution in [0.2, 0.25) is 0 Å². The van der Waals surface area contributed by atoms with Gasteiger partial charge in [-0.25, -0.2) is 5.43 Å². The molecule has 114 valence electrons. The number of aryl methyl sites for hydroxylation is 1. The van der Waals surface area contributed by atoms with E-state index in [1.807, 2.05) is 19.1 Å². The highest BCUT2D eigenvalue weighted by Crippen LogP contribution is 2.65. The number of carbonyl (C=O) groups excluding carboxylic acids is 2. The van der Waals surface area contributed by atoms with Gasteiger partial charge in [-0.1, -0.05) is 12.5 Å². The molecule has 4 rings (SSSR count). The molecule has 0 aromatic heterocycles. The number of anilines is 1. The smallest absolute Gasteiger partial charge is 0.276 e. The Morgan fingerprint density at radius 3 is 2.86 bits per heavy atom. The summed E-state index contributed by atoms with van der Waals surface area (Å²) in [5.74, 6) is -0.261. The second-order valence-corrected chi connectivity index (χ2v) is 7.28. The van der Waals surface area contributed by atoms with Crippen molar-refractivity contribution in [3.8, 4) is 0 Å². The fraction of sp³-hybridized carbons (Fsp3) is 0.438. The number of hydrogen-bond donors (Lipinski definition) is 2. The van der Waals surface area contributed by atoms with E-state index in [0.717, 1.165) is 40.5 Å². The van der Waals surface area contributed by atoms with Crippen LogP contribution in [-0.2, 0) is 9.59 Å². The Morgan fingerprint density at radius 1 is 1.45 bits per heavy atom. The molecule has 22 heavy (non-hydrogen) atoms. The van der Waals surface area contributed by atoms with Crippen molar-refractivity contribution in [2.45, 2.75) is 32.6 Å². The number of hydrogen-bond acceptors (Lipinski definition) is 3. The Balaban J connectivity index is 1.57. The fourth-order valence-corrected chi connectivity index (χ4v) is 4.04. The lowest BCUT2D eigenvalue weighted by Crippen LogP contribution is -2.28. The molecular formula is C16H16BrN3O2. The molecule has 1 aliphatic heterocycles. The van der Waals surface area contributed by atoms with Crippen LogP contribution in [0.5, 0.6) is 0 Å². The van der Waals surface area contributed by atoms with Crippen LogP contribution in [0.15, 0.2) is 21.7 Å². The van der Waals surface area contributed by atoms with Crippen molar-refractivity contribution in [2.24, 2.45) is 16.4 Å². The van der Waals surface area contributed by atoms with Gasteiger partial charge in [0.15, 0.2) is 5.71 Å². The maximum absolute atomic E-state index is 12.2. The van der Waals surface area contributed by atoms with Gasteiger partial charge in [-0.2, -0.15) is 5.10 Å². The maximum Gasteiger partial charge on any atom is 0.276 e. The van der Waals surface area contributed by atoms with Gasteiger partial charge in [0.25, 0.3) is 5.91 Å². The van der Waals surface area contributed by atoms with E-state index >= 15 is 0 Å². The first kappa shape index (κ1) is 13.9. The molecule has 0 radical (unpaired) electrons. The summed E-state index contributed by atoms with van der Waals surface area (Å²) in [7, 11) is 0. The molecule has 0 bridgehead atoms. The van der Waals surface area contributed by atoms with Gasteiger partial charge in [-0.05, 0) is 59.2 Å². The van der Waals surface area contributed by atoms with Crippen molar-refractivity contribution in [3.63, 3.8) is 0 Å². The van der Waals surface area contributed by atoms with E-state index in [-0.39, 0.29) is 28.9 Å². The molecular weight excluding hydrogens is 346 g/mol.